The Morgan fingerprint density at radius 1 is 1.38 bits per heavy atom. The zero-order chi connectivity index (χ0) is 16.2. The number of amides is 1. The smallest absolute Gasteiger partial charge is 0.339 e. The van der Waals surface area contributed by atoms with Gasteiger partial charge < -0.3 is 15.8 Å². The molecular formula is C16H24N2O3. The highest BCUT2D eigenvalue weighted by atomic mass is 16.5. The van der Waals surface area contributed by atoms with Gasteiger partial charge in [-0.2, -0.15) is 0 Å². The Balaban J connectivity index is 2.74. The maximum atomic E-state index is 12.1. The lowest BCUT2D eigenvalue weighted by atomic mass is 10.0. The molecule has 0 saturated heterocycles. The number of hydrogen-bond acceptors (Lipinski definition) is 4. The number of carbonyl (C=O) groups excluding carboxylic acids is 2. The molecule has 1 aromatic rings. The maximum absolute atomic E-state index is 12.1. The van der Waals surface area contributed by atoms with Crippen LogP contribution < -0.4 is 11.1 Å². The van der Waals surface area contributed by atoms with Gasteiger partial charge in [0.05, 0.1) is 5.56 Å². The van der Waals surface area contributed by atoms with Gasteiger partial charge in [-0.15, -0.1) is 0 Å². The highest BCUT2D eigenvalue weighted by Gasteiger charge is 2.25. The Labute approximate surface area is 125 Å². The first kappa shape index (κ1) is 17.0. The average Bonchev–Trinajstić information content (AvgIpc) is 2.41. The van der Waals surface area contributed by atoms with Crippen molar-refractivity contribution in [1.29, 1.82) is 0 Å². The Morgan fingerprint density at radius 3 is 2.57 bits per heavy atom. The highest BCUT2D eigenvalue weighted by molar-refractivity contribution is 5.94. The van der Waals surface area contributed by atoms with E-state index in [0.717, 1.165) is 6.42 Å². The Kier molecular flexibility index (Phi) is 5.35. The van der Waals surface area contributed by atoms with Crippen molar-refractivity contribution in [3.63, 3.8) is 0 Å². The standard InChI is InChI=1S/C16H24N2O3/c1-6-16(4,5)18-14(19)11(3)21-15(20)12-8-7-9-13(17)10(12)2/h7-9,11H,6,17H2,1-5H3,(H,18,19). The molecule has 0 spiro atoms. The fraction of sp³-hybridized carbons (Fsp3) is 0.500. The van der Waals surface area contributed by atoms with E-state index in [9.17, 15) is 9.59 Å². The van der Waals surface area contributed by atoms with E-state index >= 15 is 0 Å². The van der Waals surface area contributed by atoms with Gasteiger partial charge in [0.1, 0.15) is 0 Å². The van der Waals surface area contributed by atoms with Crippen molar-refractivity contribution < 1.29 is 14.3 Å². The molecule has 1 unspecified atom stereocenters. The van der Waals surface area contributed by atoms with Crippen LogP contribution in [-0.2, 0) is 9.53 Å². The Morgan fingerprint density at radius 2 is 2.00 bits per heavy atom. The number of hydrogen-bond donors (Lipinski definition) is 2. The van der Waals surface area contributed by atoms with Crippen molar-refractivity contribution in [2.45, 2.75) is 52.7 Å². The zero-order valence-electron chi connectivity index (χ0n) is 13.3. The predicted molar refractivity (Wildman–Crippen MR) is 83.0 cm³/mol. The lowest BCUT2D eigenvalue weighted by molar-refractivity contribution is -0.130. The average molecular weight is 292 g/mol. The van der Waals surface area contributed by atoms with Crippen molar-refractivity contribution in [3.05, 3.63) is 29.3 Å². The van der Waals surface area contributed by atoms with Crippen molar-refractivity contribution in [1.82, 2.24) is 5.32 Å². The molecule has 21 heavy (non-hydrogen) atoms. The minimum absolute atomic E-state index is 0.309. The van der Waals surface area contributed by atoms with Crippen LogP contribution in [0.3, 0.4) is 0 Å². The third-order valence-electron chi connectivity index (χ3n) is 3.59. The Hall–Kier alpha value is -2.04. The summed E-state index contributed by atoms with van der Waals surface area (Å²) in [7, 11) is 0. The molecule has 1 aromatic carbocycles. The van der Waals surface area contributed by atoms with Gasteiger partial charge in [-0.05, 0) is 51.8 Å². The summed E-state index contributed by atoms with van der Waals surface area (Å²) in [6.45, 7) is 9.12. The van der Waals surface area contributed by atoms with Crippen molar-refractivity contribution in [3.8, 4) is 0 Å². The number of nitrogens with two attached hydrogens (primary N) is 1. The Bertz CT molecular complexity index is 538. The largest absolute Gasteiger partial charge is 0.449 e. The van der Waals surface area contributed by atoms with Crippen LogP contribution in [0.25, 0.3) is 0 Å². The lowest BCUT2D eigenvalue weighted by Crippen LogP contribution is -2.47. The van der Waals surface area contributed by atoms with Crippen LogP contribution in [0.15, 0.2) is 18.2 Å². The molecule has 0 fully saturated rings. The van der Waals surface area contributed by atoms with Gasteiger partial charge in [0.25, 0.3) is 5.91 Å². The van der Waals surface area contributed by atoms with Gasteiger partial charge in [-0.3, -0.25) is 4.79 Å². The first-order chi connectivity index (χ1) is 9.68. The molecule has 1 atom stereocenters. The molecule has 0 heterocycles. The highest BCUT2D eigenvalue weighted by Crippen LogP contribution is 2.17. The molecule has 0 aliphatic rings. The zero-order valence-corrected chi connectivity index (χ0v) is 13.3. The number of ether oxygens (including phenoxy) is 1. The van der Waals surface area contributed by atoms with E-state index in [0.29, 0.717) is 16.8 Å². The van der Waals surface area contributed by atoms with Gasteiger partial charge in [-0.25, -0.2) is 4.79 Å². The number of anilines is 1. The molecule has 0 aromatic heterocycles. The number of nitrogen functional groups attached to an aromatic ring is 1. The predicted octanol–water partition coefficient (Wildman–Crippen LogP) is 2.43. The van der Waals surface area contributed by atoms with Crippen LogP contribution in [0.1, 0.15) is 50.0 Å². The molecule has 1 rings (SSSR count). The number of carbonyl (C=O) groups is 2. The SMILES string of the molecule is CCC(C)(C)NC(=O)C(C)OC(=O)c1cccc(N)c1C. The second-order valence-corrected chi connectivity index (χ2v) is 5.79. The molecule has 5 heteroatoms. The lowest BCUT2D eigenvalue weighted by Gasteiger charge is -2.26. The monoisotopic (exact) mass is 292 g/mol. The summed E-state index contributed by atoms with van der Waals surface area (Å²) in [6.07, 6.45) is -0.0718. The second kappa shape index (κ2) is 6.61. The third kappa shape index (κ3) is 4.48. The first-order valence-electron chi connectivity index (χ1n) is 7.06. The quantitative estimate of drug-likeness (QED) is 0.645. The maximum Gasteiger partial charge on any atom is 0.339 e. The van der Waals surface area contributed by atoms with Gasteiger partial charge >= 0.3 is 5.97 Å². The van der Waals surface area contributed by atoms with Crippen molar-refractivity contribution in [2.75, 3.05) is 5.73 Å². The van der Waals surface area contributed by atoms with Crippen molar-refractivity contribution >= 4 is 17.6 Å². The molecule has 5 nitrogen and oxygen atoms in total. The van der Waals surface area contributed by atoms with Gasteiger partial charge in [0, 0.05) is 11.2 Å². The number of rotatable bonds is 5. The molecule has 0 aliphatic carbocycles. The van der Waals surface area contributed by atoms with Gasteiger partial charge in [-0.1, -0.05) is 13.0 Å². The molecule has 0 saturated carbocycles. The molecule has 0 aliphatic heterocycles. The van der Waals surface area contributed by atoms with E-state index in [1.165, 1.54) is 0 Å². The van der Waals surface area contributed by atoms with Crippen LogP contribution in [0, 0.1) is 6.92 Å². The van der Waals surface area contributed by atoms with Crippen LogP contribution in [0.2, 0.25) is 0 Å². The number of benzene rings is 1. The number of esters is 1. The summed E-state index contributed by atoms with van der Waals surface area (Å²) >= 11 is 0. The summed E-state index contributed by atoms with van der Waals surface area (Å²) in [5.74, 6) is -0.853. The first-order valence-corrected chi connectivity index (χ1v) is 7.06. The molecule has 0 bridgehead atoms. The summed E-state index contributed by atoms with van der Waals surface area (Å²) < 4.78 is 5.22. The summed E-state index contributed by atoms with van der Waals surface area (Å²) in [5.41, 5.74) is 6.99. The van der Waals surface area contributed by atoms with E-state index in [-0.39, 0.29) is 11.4 Å². The minimum atomic E-state index is -0.857. The van der Waals surface area contributed by atoms with E-state index in [4.69, 9.17) is 10.5 Å². The molecule has 0 radical (unpaired) electrons. The van der Waals surface area contributed by atoms with E-state index in [2.05, 4.69) is 5.32 Å². The van der Waals surface area contributed by atoms with Crippen molar-refractivity contribution in [2.24, 2.45) is 0 Å². The fourth-order valence-electron chi connectivity index (χ4n) is 1.68. The molecule has 116 valence electrons. The van der Waals surface area contributed by atoms with Gasteiger partial charge in [0.15, 0.2) is 6.10 Å². The third-order valence-corrected chi connectivity index (χ3v) is 3.59. The second-order valence-electron chi connectivity index (χ2n) is 5.79. The number of nitrogens with one attached hydrogen (secondary N) is 1. The topological polar surface area (TPSA) is 81.4 Å². The van der Waals surface area contributed by atoms with Crippen LogP contribution >= 0.6 is 0 Å². The van der Waals surface area contributed by atoms with Crippen LogP contribution in [-0.4, -0.2) is 23.5 Å². The minimum Gasteiger partial charge on any atom is -0.449 e. The molecule has 3 N–H and O–H groups in total. The van der Waals surface area contributed by atoms with E-state index < -0.39 is 12.1 Å². The normalized spacial score (nSPS) is 12.6. The molecule has 1 amide bonds. The summed E-state index contributed by atoms with van der Waals surface area (Å²) in [6, 6.07) is 5.03. The summed E-state index contributed by atoms with van der Waals surface area (Å²) in [5, 5.41) is 2.85. The van der Waals surface area contributed by atoms with Crippen LogP contribution in [0.4, 0.5) is 5.69 Å². The van der Waals surface area contributed by atoms with E-state index in [1.54, 1.807) is 32.0 Å². The van der Waals surface area contributed by atoms with Crippen LogP contribution in [0.5, 0.6) is 0 Å². The van der Waals surface area contributed by atoms with Gasteiger partial charge in [0.2, 0.25) is 0 Å². The molecular weight excluding hydrogens is 268 g/mol. The summed E-state index contributed by atoms with van der Waals surface area (Å²) in [4.78, 5) is 24.1. The fourth-order valence-corrected chi connectivity index (χ4v) is 1.68. The van der Waals surface area contributed by atoms with E-state index in [1.807, 2.05) is 20.8 Å².